The molecule has 8 nitrogen and oxygen atoms in total. The fraction of sp³-hybridized carbons (Fsp3) is 0.0938. The van der Waals surface area contributed by atoms with Crippen LogP contribution in [0.15, 0.2) is 106 Å². The summed E-state index contributed by atoms with van der Waals surface area (Å²) in [5.74, 6) is -0.605. The van der Waals surface area contributed by atoms with Gasteiger partial charge in [0.15, 0.2) is 11.5 Å². The molecule has 5 rings (SSSR count). The summed E-state index contributed by atoms with van der Waals surface area (Å²) in [5, 5.41) is 8.18. The van der Waals surface area contributed by atoms with Gasteiger partial charge in [0, 0.05) is 21.6 Å². The Kier molecular flexibility index (Phi) is 9.75. The summed E-state index contributed by atoms with van der Waals surface area (Å²) in [6, 6.07) is 25.2. The molecule has 0 aromatic heterocycles. The lowest BCUT2D eigenvalue weighted by Crippen LogP contribution is -2.31. The molecular weight excluding hydrogens is 637 g/mol. The number of rotatable bonds is 10. The van der Waals surface area contributed by atoms with E-state index < -0.39 is 17.6 Å². The van der Waals surface area contributed by atoms with Crippen LogP contribution in [0.2, 0.25) is 0 Å². The van der Waals surface area contributed by atoms with Crippen molar-refractivity contribution >= 4 is 57.2 Å². The number of ether oxygens (including phenoxy) is 2. The Labute approximate surface area is 259 Å². The molecule has 0 bridgehead atoms. The number of halogens is 2. The summed E-state index contributed by atoms with van der Waals surface area (Å²) in [6.45, 7) is 0.560. The van der Waals surface area contributed by atoms with Crippen LogP contribution in [0.25, 0.3) is 6.08 Å². The third-order valence-electron chi connectivity index (χ3n) is 6.20. The number of hydrogen-bond acceptors (Lipinski definition) is 6. The smallest absolute Gasteiger partial charge is 0.272 e. The lowest BCUT2D eigenvalue weighted by atomic mass is 10.1. The van der Waals surface area contributed by atoms with Gasteiger partial charge in [0.25, 0.3) is 11.8 Å². The number of hydrogen-bond donors (Lipinski definition) is 3. The van der Waals surface area contributed by atoms with Crippen molar-refractivity contribution in [2.45, 2.75) is 11.4 Å². The highest BCUT2D eigenvalue weighted by Crippen LogP contribution is 2.32. The zero-order chi connectivity index (χ0) is 30.2. The maximum Gasteiger partial charge on any atom is 0.272 e. The molecule has 0 spiro atoms. The van der Waals surface area contributed by atoms with Crippen molar-refractivity contribution in [3.63, 3.8) is 0 Å². The van der Waals surface area contributed by atoms with Gasteiger partial charge in [0.05, 0.1) is 11.3 Å². The third-order valence-corrected chi connectivity index (χ3v) is 7.74. The maximum atomic E-state index is 14.2. The minimum absolute atomic E-state index is 0.0619. The van der Waals surface area contributed by atoms with Gasteiger partial charge in [-0.25, -0.2) is 4.39 Å². The largest absolute Gasteiger partial charge is 0.454 e. The molecule has 0 atom stereocenters. The molecule has 1 aliphatic heterocycles. The van der Waals surface area contributed by atoms with Crippen molar-refractivity contribution in [1.29, 1.82) is 0 Å². The molecule has 4 aromatic rings. The van der Waals surface area contributed by atoms with Crippen LogP contribution in [0.3, 0.4) is 0 Å². The predicted molar refractivity (Wildman–Crippen MR) is 166 cm³/mol. The second-order valence-electron chi connectivity index (χ2n) is 9.28. The molecule has 0 fully saturated rings. The number of anilines is 1. The molecule has 3 amide bonds. The highest BCUT2D eigenvalue weighted by atomic mass is 79.9. The van der Waals surface area contributed by atoms with Gasteiger partial charge in [-0.2, -0.15) is 0 Å². The molecule has 1 heterocycles. The third kappa shape index (κ3) is 8.24. The topological polar surface area (TPSA) is 106 Å². The summed E-state index contributed by atoms with van der Waals surface area (Å²) >= 11 is 4.72. The number of carbonyl (C=O) groups excluding carboxylic acids is 3. The number of fused-ring (bicyclic) bond motifs is 1. The molecule has 43 heavy (non-hydrogen) atoms. The Morgan fingerprint density at radius 2 is 1.65 bits per heavy atom. The Bertz CT molecular complexity index is 1680. The standard InChI is InChI=1S/C32H25BrFN3O5S/c33-22-8-5-20(6-9-22)15-27(37-31(39)25-3-1-2-4-26(25)34)32(40)36-23-10-12-24(13-11-23)43-18-30(38)35-17-21-7-14-28-29(16-21)42-19-41-28/h1-16H,17-19H2,(H,35,38)(H,36,40)(H,37,39)/b27-15+. The highest BCUT2D eigenvalue weighted by Gasteiger charge is 2.18. The average molecular weight is 663 g/mol. The van der Waals surface area contributed by atoms with Crippen molar-refractivity contribution in [2.75, 3.05) is 17.9 Å². The Morgan fingerprint density at radius 3 is 2.42 bits per heavy atom. The van der Waals surface area contributed by atoms with E-state index in [1.165, 1.54) is 36.0 Å². The van der Waals surface area contributed by atoms with Crippen molar-refractivity contribution in [3.8, 4) is 11.5 Å². The van der Waals surface area contributed by atoms with Gasteiger partial charge in [-0.3, -0.25) is 14.4 Å². The number of thioether (sulfide) groups is 1. The zero-order valence-corrected chi connectivity index (χ0v) is 25.0. The Balaban J connectivity index is 1.18. The molecule has 0 unspecified atom stereocenters. The number of amides is 3. The van der Waals surface area contributed by atoms with Crippen LogP contribution in [0, 0.1) is 5.82 Å². The van der Waals surface area contributed by atoms with E-state index >= 15 is 0 Å². The highest BCUT2D eigenvalue weighted by molar-refractivity contribution is 9.10. The van der Waals surface area contributed by atoms with Crippen molar-refractivity contribution in [3.05, 3.63) is 124 Å². The molecule has 0 radical (unpaired) electrons. The van der Waals surface area contributed by atoms with Crippen molar-refractivity contribution in [1.82, 2.24) is 10.6 Å². The van der Waals surface area contributed by atoms with Crippen LogP contribution in [0.1, 0.15) is 21.5 Å². The van der Waals surface area contributed by atoms with Crippen molar-refractivity contribution < 1.29 is 28.2 Å². The molecule has 0 saturated carbocycles. The van der Waals surface area contributed by atoms with E-state index in [1.807, 2.05) is 18.2 Å². The molecule has 3 N–H and O–H groups in total. The number of nitrogens with one attached hydrogen (secondary N) is 3. The number of carbonyl (C=O) groups is 3. The monoisotopic (exact) mass is 661 g/mol. The second kappa shape index (κ2) is 14.0. The molecule has 0 saturated heterocycles. The first kappa shape index (κ1) is 29.9. The first-order valence-corrected chi connectivity index (χ1v) is 14.8. The van der Waals surface area contributed by atoms with Gasteiger partial charge in [0.2, 0.25) is 12.7 Å². The quantitative estimate of drug-likeness (QED) is 0.139. The minimum atomic E-state index is -0.750. The van der Waals surface area contributed by atoms with Crippen LogP contribution in [-0.2, 0) is 16.1 Å². The summed E-state index contributed by atoms with van der Waals surface area (Å²) in [4.78, 5) is 39.2. The molecule has 0 aliphatic carbocycles. The lowest BCUT2D eigenvalue weighted by molar-refractivity contribution is -0.118. The average Bonchev–Trinajstić information content (AvgIpc) is 3.48. The van der Waals surface area contributed by atoms with Crippen LogP contribution in [-0.4, -0.2) is 30.3 Å². The van der Waals surface area contributed by atoms with E-state index in [-0.39, 0.29) is 29.7 Å². The molecule has 11 heteroatoms. The Hall–Kier alpha value is -4.61. The van der Waals surface area contributed by atoms with Gasteiger partial charge in [-0.15, -0.1) is 11.8 Å². The van der Waals surface area contributed by atoms with Crippen LogP contribution in [0.5, 0.6) is 11.5 Å². The van der Waals surface area contributed by atoms with Crippen LogP contribution >= 0.6 is 27.7 Å². The number of benzene rings is 4. The van der Waals surface area contributed by atoms with E-state index in [0.29, 0.717) is 29.3 Å². The second-order valence-corrected chi connectivity index (χ2v) is 11.2. The van der Waals surface area contributed by atoms with E-state index in [4.69, 9.17) is 9.47 Å². The van der Waals surface area contributed by atoms with E-state index in [2.05, 4.69) is 31.9 Å². The predicted octanol–water partition coefficient (Wildman–Crippen LogP) is 6.14. The normalized spacial score (nSPS) is 12.0. The van der Waals surface area contributed by atoms with Crippen molar-refractivity contribution in [2.24, 2.45) is 0 Å². The zero-order valence-electron chi connectivity index (χ0n) is 22.6. The molecule has 218 valence electrons. The van der Waals surface area contributed by atoms with E-state index in [1.54, 1.807) is 54.6 Å². The van der Waals surface area contributed by atoms with Gasteiger partial charge in [-0.1, -0.05) is 46.3 Å². The van der Waals surface area contributed by atoms with Gasteiger partial charge >= 0.3 is 0 Å². The molecule has 4 aromatic carbocycles. The molecule has 1 aliphatic rings. The lowest BCUT2D eigenvalue weighted by Gasteiger charge is -2.12. The van der Waals surface area contributed by atoms with E-state index in [0.717, 1.165) is 14.9 Å². The minimum Gasteiger partial charge on any atom is -0.454 e. The van der Waals surface area contributed by atoms with Gasteiger partial charge < -0.3 is 25.4 Å². The van der Waals surface area contributed by atoms with Crippen LogP contribution in [0.4, 0.5) is 10.1 Å². The first-order chi connectivity index (χ1) is 20.8. The van der Waals surface area contributed by atoms with E-state index in [9.17, 15) is 18.8 Å². The first-order valence-electron chi connectivity index (χ1n) is 13.1. The fourth-order valence-corrected chi connectivity index (χ4v) is 5.00. The maximum absolute atomic E-state index is 14.2. The summed E-state index contributed by atoms with van der Waals surface area (Å²) in [6.07, 6.45) is 1.51. The fourth-order valence-electron chi connectivity index (χ4n) is 4.00. The molecular formula is C32H25BrFN3O5S. The van der Waals surface area contributed by atoms with Crippen LogP contribution < -0.4 is 25.4 Å². The summed E-state index contributed by atoms with van der Waals surface area (Å²) < 4.78 is 25.7. The van der Waals surface area contributed by atoms with Gasteiger partial charge in [-0.05, 0) is 77.9 Å². The Morgan fingerprint density at radius 1 is 0.907 bits per heavy atom. The summed E-state index contributed by atoms with van der Waals surface area (Å²) in [7, 11) is 0. The SMILES string of the molecule is O=C(CSc1ccc(NC(=O)/C(=C\c2ccc(Br)cc2)NC(=O)c2ccccc2F)cc1)NCc1ccc2c(c1)OCO2. The summed E-state index contributed by atoms with van der Waals surface area (Å²) in [5.41, 5.74) is 1.79. The van der Waals surface area contributed by atoms with Gasteiger partial charge in [0.1, 0.15) is 11.5 Å².